The molecule has 1 rings (SSSR count). The van der Waals surface area contributed by atoms with E-state index in [0.29, 0.717) is 11.7 Å². The van der Waals surface area contributed by atoms with Crippen LogP contribution in [0.3, 0.4) is 0 Å². The van der Waals surface area contributed by atoms with E-state index in [-0.39, 0.29) is 5.41 Å². The van der Waals surface area contributed by atoms with E-state index in [9.17, 15) is 4.79 Å². The van der Waals surface area contributed by atoms with Crippen LogP contribution in [-0.4, -0.2) is 18.9 Å². The van der Waals surface area contributed by atoms with E-state index in [1.54, 1.807) is 0 Å². The van der Waals surface area contributed by atoms with Crippen LogP contribution in [0.5, 0.6) is 0 Å². The van der Waals surface area contributed by atoms with E-state index < -0.39 is 0 Å². The highest BCUT2D eigenvalue weighted by Crippen LogP contribution is 2.32. The van der Waals surface area contributed by atoms with Crippen LogP contribution >= 0.6 is 0 Å². The van der Waals surface area contributed by atoms with E-state index in [0.717, 1.165) is 38.8 Å². The maximum absolute atomic E-state index is 12.4. The molecule has 100 valence electrons. The first kappa shape index (κ1) is 14.7. The summed E-state index contributed by atoms with van der Waals surface area (Å²) < 4.78 is 0. The first-order chi connectivity index (χ1) is 8.12. The van der Waals surface area contributed by atoms with Crippen molar-refractivity contribution in [2.24, 2.45) is 11.3 Å². The molecule has 1 atom stereocenters. The topological polar surface area (TPSA) is 29.1 Å². The minimum Gasteiger partial charge on any atom is -0.317 e. The summed E-state index contributed by atoms with van der Waals surface area (Å²) in [5.41, 5.74) is -0.0368. The predicted molar refractivity (Wildman–Crippen MR) is 73.1 cm³/mol. The average Bonchev–Trinajstić information content (AvgIpc) is 2.35. The number of carbonyl (C=O) groups excluding carboxylic acids is 1. The van der Waals surface area contributed by atoms with Gasteiger partial charge >= 0.3 is 0 Å². The second-order valence-electron chi connectivity index (χ2n) is 5.85. The van der Waals surface area contributed by atoms with Crippen LogP contribution in [0.4, 0.5) is 0 Å². The maximum Gasteiger partial charge on any atom is 0.139 e. The fraction of sp³-hybridized carbons (Fsp3) is 0.933. The average molecular weight is 239 g/mol. The molecule has 0 aromatic carbocycles. The Bertz CT molecular complexity index is 231. The smallest absolute Gasteiger partial charge is 0.139 e. The van der Waals surface area contributed by atoms with Gasteiger partial charge < -0.3 is 5.32 Å². The second kappa shape index (κ2) is 7.15. The largest absolute Gasteiger partial charge is 0.317 e. The van der Waals surface area contributed by atoms with Crippen molar-refractivity contribution in [2.75, 3.05) is 13.1 Å². The number of carbonyl (C=O) groups is 1. The Labute approximate surface area is 107 Å². The Morgan fingerprint density at radius 3 is 2.47 bits per heavy atom. The van der Waals surface area contributed by atoms with Gasteiger partial charge in [-0.3, -0.25) is 4.79 Å². The van der Waals surface area contributed by atoms with Crippen molar-refractivity contribution in [1.82, 2.24) is 5.32 Å². The molecule has 0 amide bonds. The molecule has 1 aliphatic rings. The van der Waals surface area contributed by atoms with E-state index >= 15 is 0 Å². The highest BCUT2D eigenvalue weighted by molar-refractivity contribution is 5.84. The summed E-state index contributed by atoms with van der Waals surface area (Å²) in [6.07, 6.45) is 7.75. The summed E-state index contributed by atoms with van der Waals surface area (Å²) in [5, 5.41) is 3.34. The SMILES string of the molecule is CCCCC(CC)CC(=O)C1(C)CCNCC1. The zero-order chi connectivity index (χ0) is 12.7. The first-order valence-corrected chi connectivity index (χ1v) is 7.36. The van der Waals surface area contributed by atoms with Crippen LogP contribution in [0.25, 0.3) is 0 Å². The van der Waals surface area contributed by atoms with Gasteiger partial charge in [-0.2, -0.15) is 0 Å². The molecule has 1 fully saturated rings. The molecule has 17 heavy (non-hydrogen) atoms. The molecular weight excluding hydrogens is 210 g/mol. The van der Waals surface area contributed by atoms with Crippen molar-refractivity contribution in [1.29, 1.82) is 0 Å². The van der Waals surface area contributed by atoms with Gasteiger partial charge in [-0.1, -0.05) is 46.5 Å². The van der Waals surface area contributed by atoms with E-state index in [1.165, 1.54) is 19.3 Å². The van der Waals surface area contributed by atoms with Gasteiger partial charge in [-0.15, -0.1) is 0 Å². The van der Waals surface area contributed by atoms with Gasteiger partial charge in [0.15, 0.2) is 0 Å². The lowest BCUT2D eigenvalue weighted by molar-refractivity contribution is -0.130. The number of piperidine rings is 1. The Morgan fingerprint density at radius 1 is 1.29 bits per heavy atom. The maximum atomic E-state index is 12.4. The Kier molecular flexibility index (Phi) is 6.18. The Hall–Kier alpha value is -0.370. The summed E-state index contributed by atoms with van der Waals surface area (Å²) in [6.45, 7) is 8.63. The van der Waals surface area contributed by atoms with Gasteiger partial charge in [0.05, 0.1) is 0 Å². The lowest BCUT2D eigenvalue weighted by Crippen LogP contribution is -2.40. The monoisotopic (exact) mass is 239 g/mol. The summed E-state index contributed by atoms with van der Waals surface area (Å²) in [7, 11) is 0. The molecule has 0 saturated carbocycles. The molecule has 0 aliphatic carbocycles. The third-order valence-corrected chi connectivity index (χ3v) is 4.40. The lowest BCUT2D eigenvalue weighted by atomic mass is 9.74. The zero-order valence-corrected chi connectivity index (χ0v) is 11.8. The number of nitrogens with one attached hydrogen (secondary N) is 1. The Morgan fingerprint density at radius 2 is 1.94 bits per heavy atom. The number of hydrogen-bond acceptors (Lipinski definition) is 2. The summed E-state index contributed by atoms with van der Waals surface area (Å²) in [4.78, 5) is 12.4. The number of hydrogen-bond donors (Lipinski definition) is 1. The Balaban J connectivity index is 2.45. The van der Waals surface area contributed by atoms with Crippen LogP contribution in [0.1, 0.15) is 65.7 Å². The third kappa shape index (κ3) is 4.42. The van der Waals surface area contributed by atoms with Crippen molar-refractivity contribution >= 4 is 5.78 Å². The van der Waals surface area contributed by atoms with Crippen molar-refractivity contribution in [3.63, 3.8) is 0 Å². The molecule has 1 saturated heterocycles. The number of ketones is 1. The standard InChI is InChI=1S/C15H29NO/c1-4-6-7-13(5-2)12-14(17)15(3)8-10-16-11-9-15/h13,16H,4-12H2,1-3H3. The van der Waals surface area contributed by atoms with Gasteiger partial charge in [-0.05, 0) is 31.8 Å². The molecule has 0 spiro atoms. The normalized spacial score (nSPS) is 21.1. The molecule has 1 aliphatic heterocycles. The molecule has 1 N–H and O–H groups in total. The van der Waals surface area contributed by atoms with Gasteiger partial charge in [0.2, 0.25) is 0 Å². The number of Topliss-reactive ketones (excluding diaryl/α,β-unsaturated/α-hetero) is 1. The summed E-state index contributed by atoms with van der Waals surface area (Å²) in [6, 6.07) is 0. The van der Waals surface area contributed by atoms with Crippen molar-refractivity contribution in [2.45, 2.75) is 65.7 Å². The fourth-order valence-corrected chi connectivity index (χ4v) is 2.71. The molecule has 0 bridgehead atoms. The summed E-state index contributed by atoms with van der Waals surface area (Å²) in [5.74, 6) is 1.14. The molecular formula is C15H29NO. The molecule has 1 unspecified atom stereocenters. The highest BCUT2D eigenvalue weighted by atomic mass is 16.1. The molecule has 1 heterocycles. The van der Waals surface area contributed by atoms with E-state index in [2.05, 4.69) is 26.1 Å². The van der Waals surface area contributed by atoms with Crippen molar-refractivity contribution in [3.05, 3.63) is 0 Å². The second-order valence-corrected chi connectivity index (χ2v) is 5.85. The quantitative estimate of drug-likeness (QED) is 0.736. The third-order valence-electron chi connectivity index (χ3n) is 4.40. The first-order valence-electron chi connectivity index (χ1n) is 7.36. The van der Waals surface area contributed by atoms with Crippen LogP contribution in [0.15, 0.2) is 0 Å². The van der Waals surface area contributed by atoms with Crippen molar-refractivity contribution < 1.29 is 4.79 Å². The minimum atomic E-state index is -0.0368. The lowest BCUT2D eigenvalue weighted by Gasteiger charge is -2.33. The summed E-state index contributed by atoms with van der Waals surface area (Å²) >= 11 is 0. The highest BCUT2D eigenvalue weighted by Gasteiger charge is 2.34. The van der Waals surface area contributed by atoms with Gasteiger partial charge in [0.1, 0.15) is 5.78 Å². The molecule has 0 aromatic heterocycles. The fourth-order valence-electron chi connectivity index (χ4n) is 2.71. The predicted octanol–water partition coefficient (Wildman–Crippen LogP) is 3.55. The molecule has 0 radical (unpaired) electrons. The number of rotatable bonds is 7. The van der Waals surface area contributed by atoms with E-state index in [4.69, 9.17) is 0 Å². The zero-order valence-electron chi connectivity index (χ0n) is 11.8. The van der Waals surface area contributed by atoms with Crippen LogP contribution in [0.2, 0.25) is 0 Å². The molecule has 0 aromatic rings. The van der Waals surface area contributed by atoms with Crippen LogP contribution in [0, 0.1) is 11.3 Å². The molecule has 2 nitrogen and oxygen atoms in total. The molecule has 2 heteroatoms. The van der Waals surface area contributed by atoms with Crippen LogP contribution in [-0.2, 0) is 4.79 Å². The van der Waals surface area contributed by atoms with Crippen LogP contribution < -0.4 is 5.32 Å². The van der Waals surface area contributed by atoms with Gasteiger partial charge in [-0.25, -0.2) is 0 Å². The minimum absolute atomic E-state index is 0.0368. The van der Waals surface area contributed by atoms with Crippen molar-refractivity contribution in [3.8, 4) is 0 Å². The number of unbranched alkanes of at least 4 members (excludes halogenated alkanes) is 1. The van der Waals surface area contributed by atoms with Gasteiger partial charge in [0, 0.05) is 11.8 Å². The van der Waals surface area contributed by atoms with Gasteiger partial charge in [0.25, 0.3) is 0 Å². The van der Waals surface area contributed by atoms with E-state index in [1.807, 2.05) is 0 Å².